The van der Waals surface area contributed by atoms with Gasteiger partial charge in [-0.25, -0.2) is 0 Å². The van der Waals surface area contributed by atoms with E-state index in [9.17, 15) is 0 Å². The Morgan fingerprint density at radius 1 is 0.750 bits per heavy atom. The Hall–Kier alpha value is 1.27. The van der Waals surface area contributed by atoms with E-state index in [2.05, 4.69) is 0 Å². The Balaban J connectivity index is 0. The first kappa shape index (κ1) is 59.5. The topological polar surface area (TPSA) is 0 Å². The molecule has 0 unspecified atom stereocenters. The van der Waals surface area contributed by atoms with Crippen molar-refractivity contribution < 1.29 is 17.0 Å². The Morgan fingerprint density at radius 3 is 0.750 bits per heavy atom. The first-order valence-electron chi connectivity index (χ1n) is 0. The molecule has 0 aliphatic rings. The molecule has 0 amide bonds. The summed E-state index contributed by atoms with van der Waals surface area (Å²) < 4.78 is 0. The van der Waals surface area contributed by atoms with Crippen LogP contribution in [0.5, 0.6) is 0 Å². The molecule has 0 saturated heterocycles. The summed E-state index contributed by atoms with van der Waals surface area (Å²) in [5.41, 5.74) is 0. The Labute approximate surface area is 61.9 Å². The summed E-state index contributed by atoms with van der Waals surface area (Å²) in [6.45, 7) is 0. The molecule has 0 aromatic heterocycles. The summed E-state index contributed by atoms with van der Waals surface area (Å²) in [6.07, 6.45) is 0. The molecule has 28 valence electrons. The van der Waals surface area contributed by atoms with Gasteiger partial charge in [-0.1, -0.05) is 0 Å². The van der Waals surface area contributed by atoms with E-state index in [1.165, 1.54) is 0 Å². The zero-order valence-corrected chi connectivity index (χ0v) is 5.41. The molecule has 0 aromatic rings. The minimum atomic E-state index is 0. The molecule has 0 radical (unpaired) electrons. The number of hydrogen-bond donors (Lipinski definition) is 0. The van der Waals surface area contributed by atoms with Crippen LogP contribution in [0.25, 0.3) is 0 Å². The first-order valence-corrected chi connectivity index (χ1v) is 0. The Morgan fingerprint density at radius 2 is 0.750 bits per heavy atom. The van der Waals surface area contributed by atoms with Gasteiger partial charge in [-0.15, -0.1) is 0 Å². The predicted molar refractivity (Wildman–Crippen MR) is 15.5 cm³/mol. The van der Waals surface area contributed by atoms with Crippen molar-refractivity contribution in [1.29, 1.82) is 0 Å². The van der Waals surface area contributed by atoms with Crippen molar-refractivity contribution in [3.8, 4) is 0 Å². The summed E-state index contributed by atoms with van der Waals surface area (Å²) in [4.78, 5) is 0. The van der Waals surface area contributed by atoms with Gasteiger partial charge in [-0.2, -0.15) is 0 Å². The van der Waals surface area contributed by atoms with Gasteiger partial charge in [0.15, 0.2) is 0 Å². The fourth-order valence-corrected chi connectivity index (χ4v) is 0. The molecular weight excluding hydrogens is 145 g/mol. The maximum atomic E-state index is 0. The molecule has 0 aliphatic heterocycles. The van der Waals surface area contributed by atoms with Gasteiger partial charge in [-0.3, -0.25) is 14.1 Å². The zero-order chi connectivity index (χ0) is 0. The number of halogens is 3. The van der Waals surface area contributed by atoms with E-state index in [1.807, 2.05) is 0 Å². The van der Waals surface area contributed by atoms with Gasteiger partial charge < -0.3 is 2.85 Å². The van der Waals surface area contributed by atoms with Crippen LogP contribution in [0.15, 0.2) is 0 Å². The van der Waals surface area contributed by atoms with E-state index >= 15 is 0 Å². The molecule has 0 aromatic carbocycles. The molecule has 0 fully saturated rings. The van der Waals surface area contributed by atoms with Crippen molar-refractivity contribution in [1.82, 2.24) is 0 Å². The van der Waals surface area contributed by atoms with Gasteiger partial charge in [0.25, 0.3) is 0 Å². The van der Waals surface area contributed by atoms with Crippen LogP contribution in [0.3, 0.4) is 0 Å². The molecule has 0 saturated carbocycles. The third-order valence-electron chi connectivity index (χ3n) is 0. The van der Waals surface area contributed by atoms with Crippen molar-refractivity contribution in [3.63, 3.8) is 0 Å². The van der Waals surface area contributed by atoms with Crippen LogP contribution in [0, 0.1) is 0 Å². The quantitative estimate of drug-likeness (QED) is 0.435. The third-order valence-corrected chi connectivity index (χ3v) is 0. The number of rotatable bonds is 0. The van der Waals surface area contributed by atoms with Crippen LogP contribution in [-0.2, 0) is 0 Å². The zero-order valence-electron chi connectivity index (χ0n) is 3.93. The molecular formula is H5F3Sr. The molecule has 0 N–H and O–H groups in total. The van der Waals surface area contributed by atoms with Crippen LogP contribution in [0.4, 0.5) is 14.1 Å². The Kier molecular flexibility index (Phi) is 421. The van der Waals surface area contributed by atoms with Crippen LogP contribution < -0.4 is 0 Å². The summed E-state index contributed by atoms with van der Waals surface area (Å²) in [6, 6.07) is 0. The molecule has 0 heterocycles. The maximum Gasteiger partial charge on any atom is 2.00 e. The average molecular weight is 150 g/mol. The first-order chi connectivity index (χ1) is 0. The van der Waals surface area contributed by atoms with Gasteiger partial charge >= 0.3 is 45.5 Å². The molecule has 0 atom stereocenters. The Bertz CT molecular complexity index is 8.75. The largest absolute Gasteiger partial charge is 2.00 e. The summed E-state index contributed by atoms with van der Waals surface area (Å²) in [7, 11) is 0. The average Bonchev–Trinajstić information content (AvgIpc) is 0. The van der Waals surface area contributed by atoms with Crippen molar-refractivity contribution >= 4 is 45.5 Å². The molecule has 0 bridgehead atoms. The SMILES string of the molecule is F.F.F.[H-].[H-].[Sr+2]. The van der Waals surface area contributed by atoms with Crippen LogP contribution >= 0.6 is 0 Å². The van der Waals surface area contributed by atoms with E-state index in [1.54, 1.807) is 0 Å². The van der Waals surface area contributed by atoms with Crippen LogP contribution in [0.1, 0.15) is 2.85 Å². The number of hydrogen-bond acceptors (Lipinski definition) is 0. The van der Waals surface area contributed by atoms with Gasteiger partial charge in [0, 0.05) is 0 Å². The second-order valence-corrected chi connectivity index (χ2v) is 0. The molecule has 0 rings (SSSR count). The van der Waals surface area contributed by atoms with E-state index in [-0.39, 0.29) is 62.4 Å². The van der Waals surface area contributed by atoms with Gasteiger partial charge in [0.2, 0.25) is 0 Å². The van der Waals surface area contributed by atoms with E-state index in [0.29, 0.717) is 0 Å². The van der Waals surface area contributed by atoms with Crippen molar-refractivity contribution in [2.45, 2.75) is 0 Å². The van der Waals surface area contributed by atoms with Crippen LogP contribution in [0.2, 0.25) is 0 Å². The molecule has 0 aliphatic carbocycles. The monoisotopic (exact) mass is 150 g/mol. The standard InChI is InChI=1S/3FH.Sr.2H/h3*1H;;;/q;;;+2;2*-1. The van der Waals surface area contributed by atoms with Crippen LogP contribution in [-0.4, -0.2) is 45.5 Å². The smallest absolute Gasteiger partial charge is 1.00 e. The maximum absolute atomic E-state index is 0. The summed E-state index contributed by atoms with van der Waals surface area (Å²) in [5, 5.41) is 0. The molecule has 4 heavy (non-hydrogen) atoms. The van der Waals surface area contributed by atoms with Gasteiger partial charge in [0.1, 0.15) is 0 Å². The predicted octanol–water partition coefficient (Wildman–Crippen LogP) is 0.302. The molecule has 0 spiro atoms. The summed E-state index contributed by atoms with van der Waals surface area (Å²) in [5.74, 6) is 0. The van der Waals surface area contributed by atoms with Crippen molar-refractivity contribution in [2.24, 2.45) is 0 Å². The summed E-state index contributed by atoms with van der Waals surface area (Å²) >= 11 is 0. The second-order valence-electron chi connectivity index (χ2n) is 0. The minimum absolute atomic E-state index is 0. The van der Waals surface area contributed by atoms with E-state index < -0.39 is 0 Å². The van der Waals surface area contributed by atoms with Gasteiger partial charge in [0.05, 0.1) is 0 Å². The van der Waals surface area contributed by atoms with Crippen molar-refractivity contribution in [3.05, 3.63) is 0 Å². The van der Waals surface area contributed by atoms with E-state index in [4.69, 9.17) is 0 Å². The second kappa shape index (κ2) is 28.3. The third kappa shape index (κ3) is 10.4. The molecule has 4 heteroatoms. The fourth-order valence-electron chi connectivity index (χ4n) is 0. The minimum Gasteiger partial charge on any atom is -1.00 e. The van der Waals surface area contributed by atoms with Gasteiger partial charge in [-0.05, 0) is 0 Å². The normalized spacial score (nSPS) is 0. The molecule has 0 nitrogen and oxygen atoms in total. The van der Waals surface area contributed by atoms with Crippen molar-refractivity contribution in [2.75, 3.05) is 0 Å². The van der Waals surface area contributed by atoms with E-state index in [0.717, 1.165) is 0 Å². The fraction of sp³-hybridized carbons (Fsp3) is 0.